The highest BCUT2D eigenvalue weighted by Crippen LogP contribution is 2.28. The first-order valence-corrected chi connectivity index (χ1v) is 9.01. The third kappa shape index (κ3) is 3.58. The van der Waals surface area contributed by atoms with Gasteiger partial charge in [-0.2, -0.15) is 0 Å². The van der Waals surface area contributed by atoms with E-state index in [9.17, 15) is 24.0 Å². The lowest BCUT2D eigenvalue weighted by atomic mass is 10.2. The van der Waals surface area contributed by atoms with E-state index in [-0.39, 0.29) is 23.2 Å². The van der Waals surface area contributed by atoms with Gasteiger partial charge in [0, 0.05) is 0 Å². The molecule has 2 aromatic carbocycles. The SMILES string of the molecule is O=C1CN(C(=O)COC(=O)Cn2[nH]c(=O)c3ccccc3c2=O)c2ccccc2N1. The van der Waals surface area contributed by atoms with Crippen molar-refractivity contribution >= 4 is 39.9 Å². The smallest absolute Gasteiger partial charge is 0.328 e. The average Bonchev–Trinajstić information content (AvgIpc) is 2.75. The van der Waals surface area contributed by atoms with Crippen molar-refractivity contribution in [3.8, 4) is 0 Å². The van der Waals surface area contributed by atoms with Crippen LogP contribution in [0.25, 0.3) is 10.8 Å². The van der Waals surface area contributed by atoms with E-state index in [1.165, 1.54) is 17.0 Å². The van der Waals surface area contributed by atoms with Crippen molar-refractivity contribution in [2.45, 2.75) is 6.54 Å². The minimum Gasteiger partial charge on any atom is -0.454 e. The Balaban J connectivity index is 1.46. The maximum absolute atomic E-state index is 12.5. The zero-order valence-corrected chi connectivity index (χ0v) is 15.6. The van der Waals surface area contributed by atoms with Crippen LogP contribution in [0, 0.1) is 0 Å². The van der Waals surface area contributed by atoms with E-state index < -0.39 is 36.1 Å². The van der Waals surface area contributed by atoms with Crippen LogP contribution in [0.3, 0.4) is 0 Å². The number of hydrogen-bond acceptors (Lipinski definition) is 6. The summed E-state index contributed by atoms with van der Waals surface area (Å²) in [6.07, 6.45) is 0. The van der Waals surface area contributed by atoms with Gasteiger partial charge in [0.05, 0.1) is 22.1 Å². The van der Waals surface area contributed by atoms with Crippen LogP contribution in [0.1, 0.15) is 0 Å². The van der Waals surface area contributed by atoms with Gasteiger partial charge in [-0.15, -0.1) is 0 Å². The largest absolute Gasteiger partial charge is 0.454 e. The Kier molecular flexibility index (Phi) is 4.88. The molecule has 0 unspecified atom stereocenters. The second kappa shape index (κ2) is 7.66. The first kappa shape index (κ1) is 19.1. The van der Waals surface area contributed by atoms with Crippen molar-refractivity contribution in [1.82, 2.24) is 9.78 Å². The number of aromatic amines is 1. The molecule has 10 nitrogen and oxygen atoms in total. The quantitative estimate of drug-likeness (QED) is 0.594. The number of para-hydroxylation sites is 2. The Morgan fingerprint density at radius 2 is 1.67 bits per heavy atom. The summed E-state index contributed by atoms with van der Waals surface area (Å²) < 4.78 is 5.81. The molecule has 3 aromatic rings. The normalized spacial score (nSPS) is 12.9. The summed E-state index contributed by atoms with van der Waals surface area (Å²) in [7, 11) is 0. The molecule has 0 fully saturated rings. The first-order chi connectivity index (χ1) is 14.4. The molecule has 2 heterocycles. The third-order valence-corrected chi connectivity index (χ3v) is 4.60. The molecule has 0 aliphatic carbocycles. The van der Waals surface area contributed by atoms with Crippen molar-refractivity contribution in [2.75, 3.05) is 23.4 Å². The van der Waals surface area contributed by atoms with E-state index in [4.69, 9.17) is 4.74 Å². The number of ether oxygens (including phenoxy) is 1. The number of carbonyl (C=O) groups is 3. The van der Waals surface area contributed by atoms with E-state index >= 15 is 0 Å². The summed E-state index contributed by atoms with van der Waals surface area (Å²) in [6, 6.07) is 13.0. The number of anilines is 2. The van der Waals surface area contributed by atoms with Gasteiger partial charge >= 0.3 is 5.97 Å². The minimum atomic E-state index is -0.883. The van der Waals surface area contributed by atoms with Crippen LogP contribution >= 0.6 is 0 Å². The lowest BCUT2D eigenvalue weighted by Crippen LogP contribution is -2.44. The lowest BCUT2D eigenvalue weighted by molar-refractivity contribution is -0.148. The fourth-order valence-corrected chi connectivity index (χ4v) is 3.21. The number of rotatable bonds is 4. The number of H-pyrrole nitrogens is 1. The molecule has 0 radical (unpaired) electrons. The first-order valence-electron chi connectivity index (χ1n) is 9.01. The van der Waals surface area contributed by atoms with Gasteiger partial charge in [0.2, 0.25) is 5.91 Å². The van der Waals surface area contributed by atoms with Gasteiger partial charge in [0.1, 0.15) is 13.1 Å². The second-order valence-corrected chi connectivity index (χ2v) is 6.58. The van der Waals surface area contributed by atoms with Crippen LogP contribution in [-0.4, -0.2) is 40.7 Å². The molecule has 0 bridgehead atoms. The number of nitrogens with one attached hydrogen (secondary N) is 2. The van der Waals surface area contributed by atoms with E-state index in [2.05, 4.69) is 10.4 Å². The van der Waals surface area contributed by atoms with Crippen molar-refractivity contribution in [1.29, 1.82) is 0 Å². The molecule has 10 heteroatoms. The Labute approximate surface area is 168 Å². The summed E-state index contributed by atoms with van der Waals surface area (Å²) >= 11 is 0. The number of esters is 1. The highest BCUT2D eigenvalue weighted by molar-refractivity contribution is 6.10. The highest BCUT2D eigenvalue weighted by atomic mass is 16.5. The average molecular weight is 408 g/mol. The van der Waals surface area contributed by atoms with Crippen LogP contribution in [0.5, 0.6) is 0 Å². The molecular formula is C20H16N4O6. The van der Waals surface area contributed by atoms with Crippen LogP contribution in [-0.2, 0) is 25.7 Å². The molecule has 1 aliphatic rings. The molecule has 1 aliphatic heterocycles. The molecule has 4 rings (SSSR count). The molecule has 0 atom stereocenters. The number of fused-ring (bicyclic) bond motifs is 2. The summed E-state index contributed by atoms with van der Waals surface area (Å²) in [4.78, 5) is 62.2. The van der Waals surface area contributed by atoms with Crippen LogP contribution in [0.4, 0.5) is 11.4 Å². The Morgan fingerprint density at radius 3 is 2.47 bits per heavy atom. The number of aromatic nitrogens is 2. The number of hydrogen-bond donors (Lipinski definition) is 2. The molecule has 0 saturated carbocycles. The molecule has 1 aromatic heterocycles. The van der Waals surface area contributed by atoms with Gasteiger partial charge < -0.3 is 10.1 Å². The summed E-state index contributed by atoms with van der Waals surface area (Å²) in [5.74, 6) is -1.84. The summed E-state index contributed by atoms with van der Waals surface area (Å²) in [6.45, 7) is -1.39. The van der Waals surface area contributed by atoms with Gasteiger partial charge in [0.25, 0.3) is 17.0 Å². The third-order valence-electron chi connectivity index (χ3n) is 4.60. The Hall–Kier alpha value is -4.21. The molecule has 0 spiro atoms. The van der Waals surface area contributed by atoms with Crippen LogP contribution < -0.4 is 21.3 Å². The topological polar surface area (TPSA) is 131 Å². The summed E-state index contributed by atoms with van der Waals surface area (Å²) in [5, 5.41) is 5.35. The summed E-state index contributed by atoms with van der Waals surface area (Å²) in [5.41, 5.74) is -0.109. The van der Waals surface area contributed by atoms with Crippen molar-refractivity contribution in [2.24, 2.45) is 0 Å². The monoisotopic (exact) mass is 408 g/mol. The second-order valence-electron chi connectivity index (χ2n) is 6.58. The number of carbonyl (C=O) groups excluding carboxylic acids is 3. The van der Waals surface area contributed by atoms with Gasteiger partial charge in [0.15, 0.2) is 6.61 Å². The van der Waals surface area contributed by atoms with Crippen molar-refractivity contribution in [3.63, 3.8) is 0 Å². The molecule has 30 heavy (non-hydrogen) atoms. The molecule has 2 N–H and O–H groups in total. The zero-order chi connectivity index (χ0) is 21.3. The van der Waals surface area contributed by atoms with E-state index in [0.29, 0.717) is 11.4 Å². The highest BCUT2D eigenvalue weighted by Gasteiger charge is 2.27. The zero-order valence-electron chi connectivity index (χ0n) is 15.6. The molecule has 0 saturated heterocycles. The fourth-order valence-electron chi connectivity index (χ4n) is 3.21. The van der Waals surface area contributed by atoms with Gasteiger partial charge in [-0.05, 0) is 24.3 Å². The number of amides is 2. The predicted octanol–water partition coefficient (Wildman–Crippen LogP) is 0.218. The Bertz CT molecular complexity index is 1290. The van der Waals surface area contributed by atoms with Gasteiger partial charge in [-0.25, -0.2) is 4.68 Å². The van der Waals surface area contributed by atoms with E-state index in [1.54, 1.807) is 36.4 Å². The van der Waals surface area contributed by atoms with Crippen LogP contribution in [0.2, 0.25) is 0 Å². The molecular weight excluding hydrogens is 392 g/mol. The van der Waals surface area contributed by atoms with Gasteiger partial charge in [-0.3, -0.25) is 34.0 Å². The predicted molar refractivity (Wildman–Crippen MR) is 107 cm³/mol. The van der Waals surface area contributed by atoms with E-state index in [0.717, 1.165) is 4.68 Å². The standard InChI is InChI=1S/C20H16N4O6/c25-16-9-23(15-8-4-3-7-14(15)21-16)17(26)11-30-18(27)10-24-20(29)13-6-2-1-5-12(13)19(28)22-24/h1-8H,9-11H2,(H,21,25)(H,22,28). The fraction of sp³-hybridized carbons (Fsp3) is 0.150. The maximum Gasteiger partial charge on any atom is 0.328 e. The van der Waals surface area contributed by atoms with Crippen molar-refractivity contribution in [3.05, 3.63) is 69.2 Å². The Morgan fingerprint density at radius 1 is 0.967 bits per heavy atom. The van der Waals surface area contributed by atoms with Gasteiger partial charge in [-0.1, -0.05) is 24.3 Å². The van der Waals surface area contributed by atoms with E-state index in [1.807, 2.05) is 0 Å². The molecule has 2 amide bonds. The number of nitrogens with zero attached hydrogens (tertiary/aromatic N) is 2. The van der Waals surface area contributed by atoms with Crippen LogP contribution in [0.15, 0.2) is 58.1 Å². The minimum absolute atomic E-state index is 0.168. The number of benzene rings is 2. The molecule has 152 valence electrons. The maximum atomic E-state index is 12.5. The van der Waals surface area contributed by atoms with Crippen molar-refractivity contribution < 1.29 is 19.1 Å². The lowest BCUT2D eigenvalue weighted by Gasteiger charge is -2.28.